The molecule has 5 nitrogen and oxygen atoms in total. The van der Waals surface area contributed by atoms with Crippen LogP contribution in [0.1, 0.15) is 15.4 Å². The van der Waals surface area contributed by atoms with Crippen molar-refractivity contribution in [3.63, 3.8) is 0 Å². The third-order valence-electron chi connectivity index (χ3n) is 2.64. The van der Waals surface area contributed by atoms with Crippen molar-refractivity contribution < 1.29 is 13.5 Å². The van der Waals surface area contributed by atoms with Gasteiger partial charge in [0.2, 0.25) is 10.0 Å². The number of benzene rings is 1. The second-order valence-corrected chi connectivity index (χ2v) is 8.09. The lowest BCUT2D eigenvalue weighted by molar-refractivity contribution is 0.281. The van der Waals surface area contributed by atoms with Gasteiger partial charge in [0.15, 0.2) is 0 Å². The van der Waals surface area contributed by atoms with Gasteiger partial charge in [-0.05, 0) is 24.6 Å². The Morgan fingerprint density at radius 1 is 1.33 bits per heavy atom. The summed E-state index contributed by atoms with van der Waals surface area (Å²) in [5, 5.41) is 10.0. The second-order valence-electron chi connectivity index (χ2n) is 4.22. The van der Waals surface area contributed by atoms with E-state index in [9.17, 15) is 8.42 Å². The Bertz CT molecular complexity index is 760. The molecule has 2 N–H and O–H groups in total. The molecule has 1 aromatic carbocycles. The van der Waals surface area contributed by atoms with Gasteiger partial charge in [-0.25, -0.2) is 18.1 Å². The van der Waals surface area contributed by atoms with Gasteiger partial charge in [-0.1, -0.05) is 23.2 Å². The van der Waals surface area contributed by atoms with E-state index in [-0.39, 0.29) is 28.1 Å². The quantitative estimate of drug-likeness (QED) is 0.852. The van der Waals surface area contributed by atoms with Crippen molar-refractivity contribution >= 4 is 44.6 Å². The number of rotatable bonds is 5. The number of hydrogen-bond acceptors (Lipinski definition) is 5. The van der Waals surface area contributed by atoms with Crippen LogP contribution in [0.3, 0.4) is 0 Å². The van der Waals surface area contributed by atoms with Gasteiger partial charge in [0.25, 0.3) is 0 Å². The minimum absolute atomic E-state index is 0.0000179. The van der Waals surface area contributed by atoms with Crippen molar-refractivity contribution in [2.24, 2.45) is 0 Å². The topological polar surface area (TPSA) is 79.3 Å². The van der Waals surface area contributed by atoms with Crippen LogP contribution in [0, 0.1) is 6.92 Å². The molecule has 0 aliphatic carbocycles. The van der Waals surface area contributed by atoms with E-state index < -0.39 is 10.0 Å². The first kappa shape index (κ1) is 16.7. The molecule has 2 rings (SSSR count). The smallest absolute Gasteiger partial charge is 0.242 e. The fourth-order valence-electron chi connectivity index (χ4n) is 1.62. The number of halogens is 2. The highest BCUT2D eigenvalue weighted by atomic mass is 35.5. The molecule has 1 aromatic heterocycles. The lowest BCUT2D eigenvalue weighted by Gasteiger charge is -2.10. The van der Waals surface area contributed by atoms with Crippen LogP contribution in [0.5, 0.6) is 0 Å². The van der Waals surface area contributed by atoms with E-state index in [2.05, 4.69) is 9.71 Å². The number of nitrogens with zero attached hydrogens (tertiary/aromatic N) is 1. The van der Waals surface area contributed by atoms with Gasteiger partial charge in [-0.2, -0.15) is 0 Å². The highest BCUT2D eigenvalue weighted by Crippen LogP contribution is 2.28. The van der Waals surface area contributed by atoms with E-state index in [0.29, 0.717) is 10.6 Å². The summed E-state index contributed by atoms with van der Waals surface area (Å²) in [6.45, 7) is 1.59. The molecule has 0 atom stereocenters. The highest BCUT2D eigenvalue weighted by molar-refractivity contribution is 7.89. The van der Waals surface area contributed by atoms with Crippen LogP contribution in [0.25, 0.3) is 0 Å². The summed E-state index contributed by atoms with van der Waals surface area (Å²) in [7, 11) is -3.81. The zero-order valence-electron chi connectivity index (χ0n) is 10.9. The monoisotopic (exact) mass is 366 g/mol. The number of aromatic nitrogens is 1. The predicted molar refractivity (Wildman–Crippen MR) is 83.3 cm³/mol. The second kappa shape index (κ2) is 6.60. The van der Waals surface area contributed by atoms with E-state index in [1.54, 1.807) is 6.20 Å². The minimum Gasteiger partial charge on any atom is -0.392 e. The Balaban J connectivity index is 2.27. The SMILES string of the molecule is Cc1cnc(CNS(=O)(=O)c2cc(CO)c(Cl)cc2Cl)s1. The van der Waals surface area contributed by atoms with Crippen molar-refractivity contribution in [2.75, 3.05) is 0 Å². The van der Waals surface area contributed by atoms with Crippen molar-refractivity contribution in [3.8, 4) is 0 Å². The Hall–Kier alpha value is -0.700. The fourth-order valence-corrected chi connectivity index (χ4v) is 4.28. The third-order valence-corrected chi connectivity index (χ3v) is 5.77. The van der Waals surface area contributed by atoms with Crippen LogP contribution in [-0.2, 0) is 23.2 Å². The Kier molecular flexibility index (Phi) is 5.24. The average molecular weight is 367 g/mol. The maximum atomic E-state index is 12.3. The third kappa shape index (κ3) is 3.94. The van der Waals surface area contributed by atoms with Crippen LogP contribution in [-0.4, -0.2) is 18.5 Å². The van der Waals surface area contributed by atoms with Crippen molar-refractivity contribution in [1.29, 1.82) is 0 Å². The summed E-state index contributed by atoms with van der Waals surface area (Å²) in [4.78, 5) is 4.96. The van der Waals surface area contributed by atoms with Gasteiger partial charge in [0.05, 0.1) is 18.2 Å². The summed E-state index contributed by atoms with van der Waals surface area (Å²) in [5.74, 6) is 0. The zero-order chi connectivity index (χ0) is 15.6. The molecule has 21 heavy (non-hydrogen) atoms. The summed E-state index contributed by atoms with van der Waals surface area (Å²) in [6, 6.07) is 2.57. The van der Waals surface area contributed by atoms with Gasteiger partial charge in [0.1, 0.15) is 9.90 Å². The molecular weight excluding hydrogens is 355 g/mol. The molecule has 0 fully saturated rings. The first-order valence-corrected chi connectivity index (χ1v) is 8.89. The average Bonchev–Trinajstić information content (AvgIpc) is 2.82. The standard InChI is InChI=1S/C12H12Cl2N2O3S2/c1-7-4-15-12(20-7)5-16-21(18,19)11-2-8(6-17)9(13)3-10(11)14/h2-4,16-17H,5-6H2,1H3. The van der Waals surface area contributed by atoms with Crippen LogP contribution in [0.4, 0.5) is 0 Å². The first-order chi connectivity index (χ1) is 9.83. The van der Waals surface area contributed by atoms with Gasteiger partial charge < -0.3 is 5.11 Å². The van der Waals surface area contributed by atoms with Gasteiger partial charge in [-0.3, -0.25) is 0 Å². The normalized spacial score (nSPS) is 11.8. The number of aliphatic hydroxyl groups is 1. The molecular formula is C12H12Cl2N2O3S2. The van der Waals surface area contributed by atoms with Crippen molar-refractivity contribution in [1.82, 2.24) is 9.71 Å². The van der Waals surface area contributed by atoms with Gasteiger partial charge in [0, 0.05) is 16.1 Å². The number of hydrogen-bond donors (Lipinski definition) is 2. The Morgan fingerprint density at radius 2 is 2.05 bits per heavy atom. The number of aliphatic hydroxyl groups excluding tert-OH is 1. The maximum absolute atomic E-state index is 12.3. The maximum Gasteiger partial charge on any atom is 0.242 e. The van der Waals surface area contributed by atoms with E-state index in [1.165, 1.54) is 23.5 Å². The molecule has 0 aliphatic rings. The van der Waals surface area contributed by atoms with E-state index in [0.717, 1.165) is 4.88 Å². The first-order valence-electron chi connectivity index (χ1n) is 5.83. The van der Waals surface area contributed by atoms with Crippen molar-refractivity contribution in [3.05, 3.63) is 43.8 Å². The largest absolute Gasteiger partial charge is 0.392 e. The molecule has 0 bridgehead atoms. The lowest BCUT2D eigenvalue weighted by Crippen LogP contribution is -2.23. The summed E-state index contributed by atoms with van der Waals surface area (Å²) < 4.78 is 27.0. The number of thiazole rings is 1. The molecule has 0 amide bonds. The number of nitrogens with one attached hydrogen (secondary N) is 1. The molecule has 1 heterocycles. The van der Waals surface area contributed by atoms with E-state index in [1.807, 2.05) is 6.92 Å². The molecule has 0 unspecified atom stereocenters. The van der Waals surface area contributed by atoms with E-state index >= 15 is 0 Å². The zero-order valence-corrected chi connectivity index (χ0v) is 14.1. The van der Waals surface area contributed by atoms with Gasteiger partial charge >= 0.3 is 0 Å². The molecule has 0 saturated carbocycles. The molecule has 0 aliphatic heterocycles. The number of aryl methyl sites for hydroxylation is 1. The summed E-state index contributed by atoms with van der Waals surface area (Å²) in [6.07, 6.45) is 1.67. The van der Waals surface area contributed by atoms with Crippen LogP contribution in [0.2, 0.25) is 10.0 Å². The fraction of sp³-hybridized carbons (Fsp3) is 0.250. The van der Waals surface area contributed by atoms with Crippen molar-refractivity contribution in [2.45, 2.75) is 25.0 Å². The lowest BCUT2D eigenvalue weighted by atomic mass is 10.2. The Morgan fingerprint density at radius 3 is 2.62 bits per heavy atom. The van der Waals surface area contributed by atoms with Crippen LogP contribution >= 0.6 is 34.5 Å². The van der Waals surface area contributed by atoms with E-state index in [4.69, 9.17) is 28.3 Å². The molecule has 0 radical (unpaired) electrons. The minimum atomic E-state index is -3.81. The molecule has 2 aromatic rings. The molecule has 9 heteroatoms. The number of sulfonamides is 1. The Labute approximate surface area is 136 Å². The predicted octanol–water partition coefficient (Wildman–Crippen LogP) is 2.73. The van der Waals surface area contributed by atoms with Crippen LogP contribution < -0.4 is 4.72 Å². The van der Waals surface area contributed by atoms with Crippen LogP contribution in [0.15, 0.2) is 23.2 Å². The van der Waals surface area contributed by atoms with Gasteiger partial charge in [-0.15, -0.1) is 11.3 Å². The summed E-state index contributed by atoms with van der Waals surface area (Å²) >= 11 is 13.2. The summed E-state index contributed by atoms with van der Waals surface area (Å²) in [5.41, 5.74) is 0.298. The molecule has 0 saturated heterocycles. The molecule has 0 spiro atoms. The molecule has 114 valence electrons. The highest BCUT2D eigenvalue weighted by Gasteiger charge is 2.20.